The molecule has 22 heavy (non-hydrogen) atoms. The van der Waals surface area contributed by atoms with Crippen molar-refractivity contribution in [3.8, 4) is 5.88 Å². The van der Waals surface area contributed by atoms with E-state index in [0.717, 1.165) is 29.0 Å². The number of nitrogens with zero attached hydrogens (tertiary/aromatic N) is 2. The largest absolute Gasteiger partial charge is 0.529 e. The highest BCUT2D eigenvalue weighted by Gasteiger charge is 2.40. The van der Waals surface area contributed by atoms with Crippen molar-refractivity contribution in [2.24, 2.45) is 5.92 Å². The Hall–Kier alpha value is -1.42. The summed E-state index contributed by atoms with van der Waals surface area (Å²) >= 11 is 0. The molecule has 1 aromatic heterocycles. The molecule has 0 radical (unpaired) electrons. The summed E-state index contributed by atoms with van der Waals surface area (Å²) in [7, 11) is -1.92. The third-order valence-corrected chi connectivity index (χ3v) is 8.68. The lowest BCUT2D eigenvalue weighted by Crippen LogP contribution is -2.44. The van der Waals surface area contributed by atoms with Gasteiger partial charge in [-0.1, -0.05) is 46.8 Å². The molecular formula is C18H28N2OSi. The van der Waals surface area contributed by atoms with E-state index in [-0.39, 0.29) is 5.04 Å². The lowest BCUT2D eigenvalue weighted by molar-refractivity contribution is 0.464. The van der Waals surface area contributed by atoms with E-state index in [1.54, 1.807) is 0 Å². The fourth-order valence-corrected chi connectivity index (χ4v) is 2.97. The summed E-state index contributed by atoms with van der Waals surface area (Å²) in [5.41, 5.74) is 2.84. The van der Waals surface area contributed by atoms with Crippen LogP contribution < -0.4 is 4.43 Å². The zero-order chi connectivity index (χ0) is 16.5. The zero-order valence-corrected chi connectivity index (χ0v) is 15.9. The minimum absolute atomic E-state index is 0.148. The Morgan fingerprint density at radius 2 is 1.59 bits per heavy atom. The Bertz CT molecular complexity index is 660. The van der Waals surface area contributed by atoms with E-state index in [0.29, 0.717) is 5.92 Å². The monoisotopic (exact) mass is 316 g/mol. The van der Waals surface area contributed by atoms with Gasteiger partial charge in [-0.05, 0) is 42.6 Å². The van der Waals surface area contributed by atoms with Crippen molar-refractivity contribution in [3.05, 3.63) is 30.0 Å². The van der Waals surface area contributed by atoms with Crippen LogP contribution in [0.4, 0.5) is 0 Å². The molecule has 0 aliphatic rings. The average molecular weight is 317 g/mol. The number of benzene rings is 1. The van der Waals surface area contributed by atoms with Crippen LogP contribution in [-0.2, 0) is 6.42 Å². The molecule has 0 amide bonds. The Morgan fingerprint density at radius 3 is 2.09 bits per heavy atom. The normalized spacial score (nSPS) is 12.9. The molecule has 1 heterocycles. The number of fused-ring (bicyclic) bond motifs is 1. The molecule has 0 aliphatic carbocycles. The van der Waals surface area contributed by atoms with Gasteiger partial charge in [0, 0.05) is 0 Å². The third kappa shape index (κ3) is 3.66. The first-order valence-electron chi connectivity index (χ1n) is 8.05. The quantitative estimate of drug-likeness (QED) is 0.726. The second kappa shape index (κ2) is 5.99. The molecule has 120 valence electrons. The molecule has 1 aromatic carbocycles. The van der Waals surface area contributed by atoms with Crippen LogP contribution in [-0.4, -0.2) is 18.3 Å². The molecule has 0 unspecified atom stereocenters. The Balaban J connectivity index is 2.50. The maximum Gasteiger partial charge on any atom is 0.252 e. The highest BCUT2D eigenvalue weighted by atomic mass is 28.4. The van der Waals surface area contributed by atoms with E-state index in [2.05, 4.69) is 47.7 Å². The minimum atomic E-state index is -1.92. The van der Waals surface area contributed by atoms with Crippen LogP contribution in [0.3, 0.4) is 0 Å². The molecule has 0 bridgehead atoms. The SMILES string of the molecule is CC(C)Cc1nc2ccccc2nc1O[Si](C)(C)C(C)(C)C. The van der Waals surface area contributed by atoms with Crippen molar-refractivity contribution in [1.82, 2.24) is 9.97 Å². The molecule has 0 N–H and O–H groups in total. The first-order chi connectivity index (χ1) is 10.1. The van der Waals surface area contributed by atoms with E-state index in [4.69, 9.17) is 14.4 Å². The second-order valence-electron chi connectivity index (χ2n) is 7.92. The molecule has 0 saturated carbocycles. The average Bonchev–Trinajstić information content (AvgIpc) is 2.37. The minimum Gasteiger partial charge on any atom is -0.529 e. The Kier molecular flexibility index (Phi) is 4.61. The van der Waals surface area contributed by atoms with Gasteiger partial charge >= 0.3 is 0 Å². The summed E-state index contributed by atoms with van der Waals surface area (Å²) in [5, 5.41) is 0.148. The number of rotatable bonds is 4. The van der Waals surface area contributed by atoms with Gasteiger partial charge in [-0.15, -0.1) is 0 Å². The van der Waals surface area contributed by atoms with Gasteiger partial charge in [0.05, 0.1) is 11.0 Å². The van der Waals surface area contributed by atoms with Crippen LogP contribution >= 0.6 is 0 Å². The Morgan fingerprint density at radius 1 is 1.05 bits per heavy atom. The van der Waals surface area contributed by atoms with Crippen LogP contribution in [0.25, 0.3) is 11.0 Å². The Labute approximate surface area is 135 Å². The highest BCUT2D eigenvalue weighted by Crippen LogP contribution is 2.38. The van der Waals surface area contributed by atoms with E-state index >= 15 is 0 Å². The molecule has 0 atom stereocenters. The van der Waals surface area contributed by atoms with Crippen LogP contribution in [0.1, 0.15) is 40.3 Å². The van der Waals surface area contributed by atoms with Gasteiger partial charge in [0.25, 0.3) is 8.32 Å². The van der Waals surface area contributed by atoms with Gasteiger partial charge in [-0.25, -0.2) is 9.97 Å². The molecule has 2 rings (SSSR count). The third-order valence-electron chi connectivity index (χ3n) is 4.37. The summed E-state index contributed by atoms with van der Waals surface area (Å²) in [4.78, 5) is 9.59. The summed E-state index contributed by atoms with van der Waals surface area (Å²) in [6, 6.07) is 8.02. The summed E-state index contributed by atoms with van der Waals surface area (Å²) < 4.78 is 6.47. The van der Waals surface area contributed by atoms with Crippen molar-refractivity contribution in [2.75, 3.05) is 0 Å². The number of hydrogen-bond acceptors (Lipinski definition) is 3. The summed E-state index contributed by atoms with van der Waals surface area (Å²) in [6.45, 7) is 15.6. The molecule has 0 aliphatic heterocycles. The highest BCUT2D eigenvalue weighted by molar-refractivity contribution is 6.74. The molecular weight excluding hydrogens is 288 g/mol. The van der Waals surface area contributed by atoms with Gasteiger partial charge in [0.2, 0.25) is 5.88 Å². The summed E-state index contributed by atoms with van der Waals surface area (Å²) in [6.07, 6.45) is 0.891. The van der Waals surface area contributed by atoms with Crippen molar-refractivity contribution in [2.45, 2.75) is 59.2 Å². The molecule has 0 saturated heterocycles. The van der Waals surface area contributed by atoms with Crippen molar-refractivity contribution in [1.29, 1.82) is 0 Å². The predicted molar refractivity (Wildman–Crippen MR) is 95.9 cm³/mol. The standard InChI is InChI=1S/C18H28N2OSi/c1-13(2)12-16-17(21-22(6,7)18(3,4)5)20-15-11-9-8-10-14(15)19-16/h8-11,13H,12H2,1-7H3. The van der Waals surface area contributed by atoms with Crippen LogP contribution in [0.5, 0.6) is 5.88 Å². The fourth-order valence-electron chi connectivity index (χ4n) is 2.02. The number of hydrogen-bond donors (Lipinski definition) is 0. The molecule has 4 heteroatoms. The van der Waals surface area contributed by atoms with E-state index < -0.39 is 8.32 Å². The maximum absolute atomic E-state index is 6.47. The van der Waals surface area contributed by atoms with Gasteiger partial charge in [0.15, 0.2) is 0 Å². The molecule has 0 spiro atoms. The zero-order valence-electron chi connectivity index (χ0n) is 14.9. The number of para-hydroxylation sites is 2. The van der Waals surface area contributed by atoms with Crippen LogP contribution in [0, 0.1) is 5.92 Å². The molecule has 2 aromatic rings. The fraction of sp³-hybridized carbons (Fsp3) is 0.556. The summed E-state index contributed by atoms with van der Waals surface area (Å²) in [5.74, 6) is 1.26. The first kappa shape index (κ1) is 16.9. The lowest BCUT2D eigenvalue weighted by Gasteiger charge is -2.36. The first-order valence-corrected chi connectivity index (χ1v) is 11.0. The van der Waals surface area contributed by atoms with Gasteiger partial charge in [-0.3, -0.25) is 0 Å². The predicted octanol–water partition coefficient (Wildman–Crippen LogP) is 5.21. The van der Waals surface area contributed by atoms with Gasteiger partial charge in [0.1, 0.15) is 5.69 Å². The van der Waals surface area contributed by atoms with E-state index in [9.17, 15) is 0 Å². The lowest BCUT2D eigenvalue weighted by atomic mass is 10.1. The van der Waals surface area contributed by atoms with Crippen LogP contribution in [0.2, 0.25) is 18.1 Å². The van der Waals surface area contributed by atoms with Gasteiger partial charge in [-0.2, -0.15) is 0 Å². The van der Waals surface area contributed by atoms with E-state index in [1.807, 2.05) is 24.3 Å². The van der Waals surface area contributed by atoms with Crippen molar-refractivity contribution < 1.29 is 4.43 Å². The maximum atomic E-state index is 6.47. The second-order valence-corrected chi connectivity index (χ2v) is 12.6. The van der Waals surface area contributed by atoms with Gasteiger partial charge < -0.3 is 4.43 Å². The van der Waals surface area contributed by atoms with Crippen molar-refractivity contribution >= 4 is 19.4 Å². The smallest absolute Gasteiger partial charge is 0.252 e. The molecule has 0 fully saturated rings. The van der Waals surface area contributed by atoms with E-state index in [1.165, 1.54) is 0 Å². The van der Waals surface area contributed by atoms with Crippen molar-refractivity contribution in [3.63, 3.8) is 0 Å². The molecule has 3 nitrogen and oxygen atoms in total. The van der Waals surface area contributed by atoms with Crippen LogP contribution in [0.15, 0.2) is 24.3 Å². The number of aromatic nitrogens is 2. The topological polar surface area (TPSA) is 35.0 Å².